The number of halogens is 4. The van der Waals surface area contributed by atoms with E-state index in [1.165, 1.54) is 12.1 Å². The van der Waals surface area contributed by atoms with Crippen molar-refractivity contribution >= 4 is 50.5 Å². The van der Waals surface area contributed by atoms with E-state index in [0.29, 0.717) is 20.2 Å². The maximum atomic E-state index is 13.9. The van der Waals surface area contributed by atoms with Crippen LogP contribution in [0.25, 0.3) is 0 Å². The van der Waals surface area contributed by atoms with E-state index in [1.807, 2.05) is 0 Å². The van der Waals surface area contributed by atoms with Gasteiger partial charge in [0.1, 0.15) is 0 Å². The Balaban J connectivity index is 2.25. The molecule has 8 heteroatoms. The van der Waals surface area contributed by atoms with E-state index in [0.717, 1.165) is 6.07 Å². The molecule has 0 heterocycles. The second kappa shape index (κ2) is 6.60. The minimum absolute atomic E-state index is 0.0224. The monoisotopic (exact) mass is 392 g/mol. The predicted octanol–water partition coefficient (Wildman–Crippen LogP) is 5.42. The van der Waals surface area contributed by atoms with Crippen LogP contribution < -0.4 is 5.32 Å². The molecule has 0 spiro atoms. The summed E-state index contributed by atoms with van der Waals surface area (Å²) in [4.78, 5) is 9.93. The molecule has 110 valence electrons. The first-order valence-electron chi connectivity index (χ1n) is 5.70. The minimum atomic E-state index is -0.876. The van der Waals surface area contributed by atoms with Crippen LogP contribution in [0.1, 0.15) is 5.56 Å². The van der Waals surface area contributed by atoms with Gasteiger partial charge in [-0.2, -0.15) is 4.39 Å². The third-order valence-electron chi connectivity index (χ3n) is 2.72. The van der Waals surface area contributed by atoms with E-state index in [-0.39, 0.29) is 12.1 Å². The van der Waals surface area contributed by atoms with Crippen LogP contribution in [0.3, 0.4) is 0 Å². The van der Waals surface area contributed by atoms with Gasteiger partial charge in [-0.15, -0.1) is 0 Å². The van der Waals surface area contributed by atoms with E-state index >= 15 is 0 Å². The number of rotatable bonds is 4. The van der Waals surface area contributed by atoms with Gasteiger partial charge in [0, 0.05) is 22.6 Å². The van der Waals surface area contributed by atoms with Crippen LogP contribution in [0.2, 0.25) is 10.0 Å². The zero-order chi connectivity index (χ0) is 15.6. The highest BCUT2D eigenvalue weighted by atomic mass is 79.9. The van der Waals surface area contributed by atoms with Crippen LogP contribution in [0, 0.1) is 15.9 Å². The molecule has 4 nitrogen and oxygen atoms in total. The number of anilines is 1. The van der Waals surface area contributed by atoms with Crippen LogP contribution >= 0.6 is 39.1 Å². The van der Waals surface area contributed by atoms with Gasteiger partial charge < -0.3 is 5.32 Å². The summed E-state index contributed by atoms with van der Waals surface area (Å²) in [7, 11) is 0. The molecule has 2 aromatic carbocycles. The number of hydrogen-bond donors (Lipinski definition) is 1. The molecule has 2 aromatic rings. The third kappa shape index (κ3) is 3.64. The van der Waals surface area contributed by atoms with E-state index in [2.05, 4.69) is 21.2 Å². The van der Waals surface area contributed by atoms with Gasteiger partial charge in [0.25, 0.3) is 0 Å². The van der Waals surface area contributed by atoms with Gasteiger partial charge in [0.2, 0.25) is 5.82 Å². The number of nitrogens with one attached hydrogen (secondary N) is 1. The third-order valence-corrected chi connectivity index (χ3v) is 3.77. The fourth-order valence-corrected chi connectivity index (χ4v) is 3.08. The summed E-state index contributed by atoms with van der Waals surface area (Å²) >= 11 is 15.3. The molecule has 0 atom stereocenters. The summed E-state index contributed by atoms with van der Waals surface area (Å²) in [5.74, 6) is -0.876. The maximum absolute atomic E-state index is 13.9. The number of hydrogen-bond acceptors (Lipinski definition) is 3. The van der Waals surface area contributed by atoms with Gasteiger partial charge in [0.15, 0.2) is 0 Å². The largest absolute Gasteiger partial charge is 0.378 e. The van der Waals surface area contributed by atoms with Crippen molar-refractivity contribution in [2.75, 3.05) is 5.32 Å². The average Bonchev–Trinajstić information content (AvgIpc) is 2.38. The SMILES string of the molecule is O=[N+]([O-])c1cccc(CNc2c(Cl)cc(Br)cc2Cl)c1F. The summed E-state index contributed by atoms with van der Waals surface area (Å²) < 4.78 is 14.6. The van der Waals surface area contributed by atoms with Crippen molar-refractivity contribution in [3.8, 4) is 0 Å². The Morgan fingerprint density at radius 1 is 1.29 bits per heavy atom. The molecular weight excluding hydrogens is 386 g/mol. The quantitative estimate of drug-likeness (QED) is 0.557. The van der Waals surface area contributed by atoms with Crippen molar-refractivity contribution in [1.29, 1.82) is 0 Å². The zero-order valence-corrected chi connectivity index (χ0v) is 13.5. The molecule has 0 unspecified atom stereocenters. The van der Waals surface area contributed by atoms with E-state index < -0.39 is 16.4 Å². The number of nitro groups is 1. The average molecular weight is 394 g/mol. The van der Waals surface area contributed by atoms with Crippen molar-refractivity contribution in [1.82, 2.24) is 0 Å². The molecular formula is C13H8BrCl2FN2O2. The van der Waals surface area contributed by atoms with E-state index in [9.17, 15) is 14.5 Å². The summed E-state index contributed by atoms with van der Waals surface area (Å²) in [5.41, 5.74) is 0.0222. The van der Waals surface area contributed by atoms with Crippen LogP contribution in [0.4, 0.5) is 15.8 Å². The first-order valence-corrected chi connectivity index (χ1v) is 7.25. The van der Waals surface area contributed by atoms with Gasteiger partial charge in [-0.3, -0.25) is 10.1 Å². The van der Waals surface area contributed by atoms with Gasteiger partial charge in [-0.1, -0.05) is 51.3 Å². The summed E-state index contributed by atoms with van der Waals surface area (Å²) in [6.45, 7) is 0.0224. The molecule has 21 heavy (non-hydrogen) atoms. The van der Waals surface area contributed by atoms with Crippen LogP contribution in [0.15, 0.2) is 34.8 Å². The van der Waals surface area contributed by atoms with Crippen molar-refractivity contribution in [2.45, 2.75) is 6.54 Å². The molecule has 1 N–H and O–H groups in total. The van der Waals surface area contributed by atoms with Gasteiger partial charge in [-0.25, -0.2) is 0 Å². The molecule has 0 bridgehead atoms. The lowest BCUT2D eigenvalue weighted by molar-refractivity contribution is -0.387. The lowest BCUT2D eigenvalue weighted by atomic mass is 10.2. The molecule has 2 rings (SSSR count). The van der Waals surface area contributed by atoms with Crippen molar-refractivity contribution in [3.63, 3.8) is 0 Å². The Hall–Kier alpha value is -1.37. The molecule has 0 aliphatic heterocycles. The summed E-state index contributed by atoms with van der Waals surface area (Å²) in [6, 6.07) is 7.26. The van der Waals surface area contributed by atoms with Crippen LogP contribution in [-0.4, -0.2) is 4.92 Å². The Labute approximate surface area is 138 Å². The maximum Gasteiger partial charge on any atom is 0.305 e. The Bertz CT molecular complexity index is 690. The highest BCUT2D eigenvalue weighted by molar-refractivity contribution is 9.10. The van der Waals surface area contributed by atoms with Gasteiger partial charge >= 0.3 is 5.69 Å². The van der Waals surface area contributed by atoms with Crippen molar-refractivity contribution in [3.05, 3.63) is 66.3 Å². The molecule has 0 saturated heterocycles. The lowest BCUT2D eigenvalue weighted by Crippen LogP contribution is -2.05. The van der Waals surface area contributed by atoms with E-state index in [4.69, 9.17) is 23.2 Å². The van der Waals surface area contributed by atoms with Crippen LogP contribution in [0.5, 0.6) is 0 Å². The molecule has 0 aliphatic rings. The molecule has 0 radical (unpaired) electrons. The zero-order valence-electron chi connectivity index (χ0n) is 10.4. The van der Waals surface area contributed by atoms with Gasteiger partial charge in [-0.05, 0) is 12.1 Å². The second-order valence-corrected chi connectivity index (χ2v) is 5.84. The number of nitro benzene ring substituents is 1. The second-order valence-electron chi connectivity index (χ2n) is 4.11. The molecule has 0 fully saturated rings. The Kier molecular flexibility index (Phi) is 5.03. The highest BCUT2D eigenvalue weighted by Gasteiger charge is 2.17. The topological polar surface area (TPSA) is 55.2 Å². The molecule has 0 aliphatic carbocycles. The highest BCUT2D eigenvalue weighted by Crippen LogP contribution is 2.34. The smallest absolute Gasteiger partial charge is 0.305 e. The molecule has 0 saturated carbocycles. The van der Waals surface area contributed by atoms with Crippen LogP contribution in [-0.2, 0) is 6.54 Å². The normalized spacial score (nSPS) is 10.5. The van der Waals surface area contributed by atoms with Gasteiger partial charge in [0.05, 0.1) is 20.7 Å². The fourth-order valence-electron chi connectivity index (χ4n) is 1.74. The standard InChI is InChI=1S/C13H8BrCl2FN2O2/c14-8-4-9(15)13(10(16)5-8)18-6-7-2-1-3-11(12(7)17)19(20)21/h1-5,18H,6H2. The fraction of sp³-hybridized carbons (Fsp3) is 0.0769. The number of benzene rings is 2. The summed E-state index contributed by atoms with van der Waals surface area (Å²) in [5, 5.41) is 14.3. The first-order chi connectivity index (χ1) is 9.90. The Morgan fingerprint density at radius 2 is 1.90 bits per heavy atom. The van der Waals surface area contributed by atoms with E-state index in [1.54, 1.807) is 12.1 Å². The Morgan fingerprint density at radius 3 is 2.48 bits per heavy atom. The van der Waals surface area contributed by atoms with Crippen molar-refractivity contribution in [2.24, 2.45) is 0 Å². The predicted molar refractivity (Wildman–Crippen MR) is 84.5 cm³/mol. The lowest BCUT2D eigenvalue weighted by Gasteiger charge is -2.11. The summed E-state index contributed by atoms with van der Waals surface area (Å²) in [6.07, 6.45) is 0. The van der Waals surface area contributed by atoms with Crippen molar-refractivity contribution < 1.29 is 9.31 Å². The molecule has 0 amide bonds. The molecule has 0 aromatic heterocycles. The number of nitrogens with zero attached hydrogens (tertiary/aromatic N) is 1. The minimum Gasteiger partial charge on any atom is -0.378 e. The first kappa shape index (κ1) is 16.0.